The van der Waals surface area contributed by atoms with Crippen LogP contribution in [0.5, 0.6) is 5.88 Å². The van der Waals surface area contributed by atoms with Gasteiger partial charge in [-0.2, -0.15) is 10.2 Å². The molecule has 0 N–H and O–H groups in total. The topological polar surface area (TPSA) is 94.0 Å². The summed E-state index contributed by atoms with van der Waals surface area (Å²) in [7, 11) is 1.42. The van der Waals surface area contributed by atoms with E-state index in [0.717, 1.165) is 0 Å². The monoisotopic (exact) mass is 244 g/mol. The van der Waals surface area contributed by atoms with Crippen LogP contribution in [0.4, 0.5) is 5.69 Å². The van der Waals surface area contributed by atoms with Gasteiger partial charge in [-0.1, -0.05) is 0 Å². The summed E-state index contributed by atoms with van der Waals surface area (Å²) in [5.74, 6) is 0.300. The molecule has 7 nitrogen and oxygen atoms in total. The lowest BCUT2D eigenvalue weighted by Crippen LogP contribution is -2.04. The van der Waals surface area contributed by atoms with E-state index in [9.17, 15) is 10.1 Å². The Hall–Kier alpha value is -2.88. The molecule has 2 heterocycles. The molecule has 0 amide bonds. The highest BCUT2D eigenvalue weighted by atomic mass is 16.6. The van der Waals surface area contributed by atoms with Gasteiger partial charge in [0, 0.05) is 18.3 Å². The molecule has 0 fully saturated rings. The van der Waals surface area contributed by atoms with Gasteiger partial charge in [0.15, 0.2) is 0 Å². The molecule has 0 radical (unpaired) electrons. The van der Waals surface area contributed by atoms with Gasteiger partial charge in [0.25, 0.3) is 0 Å². The lowest BCUT2D eigenvalue weighted by Gasteiger charge is -2.06. The number of aromatic nitrogens is 2. The molecule has 7 heteroatoms. The Balaban J connectivity index is 2.68. The minimum atomic E-state index is -0.553. The smallest absolute Gasteiger partial charge is 0.312 e. The quantitative estimate of drug-likeness (QED) is 0.604. The van der Waals surface area contributed by atoms with Crippen LogP contribution in [-0.2, 0) is 0 Å². The highest BCUT2D eigenvalue weighted by Gasteiger charge is 2.19. The van der Waals surface area contributed by atoms with E-state index >= 15 is 0 Å². The number of methoxy groups -OCH3 is 1. The number of hydrogen-bond donors (Lipinski definition) is 0. The third kappa shape index (κ3) is 1.87. The van der Waals surface area contributed by atoms with Crippen LogP contribution in [-0.4, -0.2) is 21.6 Å². The Morgan fingerprint density at radius 3 is 2.89 bits per heavy atom. The standard InChI is InChI=1S/C11H8N4O3/c1-18-10-5-4-9(15(16)17)11(13-10)14-6-2-3-8(14)7-12/h2-6H,1H3. The van der Waals surface area contributed by atoms with Crippen LogP contribution in [0.3, 0.4) is 0 Å². The summed E-state index contributed by atoms with van der Waals surface area (Å²) in [6.45, 7) is 0. The summed E-state index contributed by atoms with van der Waals surface area (Å²) in [6, 6.07) is 7.79. The van der Waals surface area contributed by atoms with Crippen molar-refractivity contribution in [3.63, 3.8) is 0 Å². The lowest BCUT2D eigenvalue weighted by molar-refractivity contribution is -0.384. The first-order valence-corrected chi connectivity index (χ1v) is 4.94. The number of nitriles is 1. The normalized spacial score (nSPS) is 9.78. The van der Waals surface area contributed by atoms with Gasteiger partial charge in [0.2, 0.25) is 11.7 Å². The summed E-state index contributed by atoms with van der Waals surface area (Å²) in [6.07, 6.45) is 1.54. The molecule has 90 valence electrons. The largest absolute Gasteiger partial charge is 0.481 e. The lowest BCUT2D eigenvalue weighted by atomic mass is 10.3. The van der Waals surface area contributed by atoms with E-state index in [0.29, 0.717) is 0 Å². The molecule has 18 heavy (non-hydrogen) atoms. The number of ether oxygens (including phenoxy) is 1. The molecule has 0 aromatic carbocycles. The fraction of sp³-hybridized carbons (Fsp3) is 0.0909. The maximum absolute atomic E-state index is 10.9. The van der Waals surface area contributed by atoms with Crippen LogP contribution < -0.4 is 4.74 Å². The van der Waals surface area contributed by atoms with E-state index < -0.39 is 4.92 Å². The van der Waals surface area contributed by atoms with Crippen LogP contribution in [0, 0.1) is 21.4 Å². The fourth-order valence-electron chi connectivity index (χ4n) is 1.51. The molecule has 2 aromatic rings. The Bertz CT molecular complexity index is 642. The SMILES string of the molecule is COc1ccc([N+](=O)[O-])c(-n2cccc2C#N)n1. The minimum Gasteiger partial charge on any atom is -0.481 e. The van der Waals surface area contributed by atoms with E-state index in [-0.39, 0.29) is 23.1 Å². The summed E-state index contributed by atoms with van der Waals surface area (Å²) >= 11 is 0. The second kappa shape index (κ2) is 4.55. The molecule has 0 aliphatic rings. The minimum absolute atomic E-state index is 0.0564. The van der Waals surface area contributed by atoms with Crippen molar-refractivity contribution in [1.29, 1.82) is 5.26 Å². The molecule has 0 bridgehead atoms. The van der Waals surface area contributed by atoms with Crippen molar-refractivity contribution in [3.05, 3.63) is 46.3 Å². The third-order valence-corrected chi connectivity index (χ3v) is 2.33. The fourth-order valence-corrected chi connectivity index (χ4v) is 1.51. The number of rotatable bonds is 3. The third-order valence-electron chi connectivity index (χ3n) is 2.33. The van der Waals surface area contributed by atoms with E-state index in [1.807, 2.05) is 6.07 Å². The first kappa shape index (κ1) is 11.6. The zero-order chi connectivity index (χ0) is 13.1. The van der Waals surface area contributed by atoms with Crippen molar-refractivity contribution in [2.45, 2.75) is 0 Å². The van der Waals surface area contributed by atoms with Crippen LogP contribution in [0.2, 0.25) is 0 Å². The Labute approximate surface area is 102 Å². The second-order valence-corrected chi connectivity index (χ2v) is 3.33. The summed E-state index contributed by atoms with van der Waals surface area (Å²) in [5, 5.41) is 19.9. The van der Waals surface area contributed by atoms with Crippen molar-refractivity contribution in [2.24, 2.45) is 0 Å². The van der Waals surface area contributed by atoms with E-state index in [4.69, 9.17) is 10.00 Å². The van der Waals surface area contributed by atoms with Gasteiger partial charge in [-0.15, -0.1) is 0 Å². The first-order valence-electron chi connectivity index (χ1n) is 4.94. The van der Waals surface area contributed by atoms with E-state index in [2.05, 4.69) is 4.98 Å². The molecular weight excluding hydrogens is 236 g/mol. The van der Waals surface area contributed by atoms with Gasteiger partial charge in [-0.3, -0.25) is 14.7 Å². The predicted molar refractivity (Wildman–Crippen MR) is 61.5 cm³/mol. The Morgan fingerprint density at radius 2 is 2.28 bits per heavy atom. The second-order valence-electron chi connectivity index (χ2n) is 3.33. The first-order chi connectivity index (χ1) is 8.67. The van der Waals surface area contributed by atoms with Crippen molar-refractivity contribution >= 4 is 5.69 Å². The van der Waals surface area contributed by atoms with Gasteiger partial charge in [0.05, 0.1) is 12.0 Å². The molecular formula is C11H8N4O3. The van der Waals surface area contributed by atoms with Crippen molar-refractivity contribution < 1.29 is 9.66 Å². The van der Waals surface area contributed by atoms with Gasteiger partial charge in [-0.25, -0.2) is 0 Å². The zero-order valence-corrected chi connectivity index (χ0v) is 9.40. The van der Waals surface area contributed by atoms with Crippen molar-refractivity contribution in [3.8, 4) is 17.8 Å². The highest BCUT2D eigenvalue weighted by Crippen LogP contribution is 2.25. The van der Waals surface area contributed by atoms with Crippen molar-refractivity contribution in [1.82, 2.24) is 9.55 Å². The molecule has 2 rings (SSSR count). The predicted octanol–water partition coefficient (Wildman–Crippen LogP) is 1.66. The molecule has 0 atom stereocenters. The molecule has 0 aliphatic carbocycles. The molecule has 0 saturated heterocycles. The van der Waals surface area contributed by atoms with Gasteiger partial charge >= 0.3 is 5.69 Å². The number of nitrogens with zero attached hydrogens (tertiary/aromatic N) is 4. The van der Waals surface area contributed by atoms with Crippen LogP contribution in [0.1, 0.15) is 5.69 Å². The average Bonchev–Trinajstić information content (AvgIpc) is 2.85. The summed E-state index contributed by atoms with van der Waals surface area (Å²) < 4.78 is 6.28. The number of hydrogen-bond acceptors (Lipinski definition) is 5. The van der Waals surface area contributed by atoms with Crippen LogP contribution in [0.15, 0.2) is 30.5 Å². The van der Waals surface area contributed by atoms with Crippen LogP contribution in [0.25, 0.3) is 5.82 Å². The van der Waals surface area contributed by atoms with Gasteiger partial charge in [-0.05, 0) is 12.1 Å². The van der Waals surface area contributed by atoms with Crippen molar-refractivity contribution in [2.75, 3.05) is 7.11 Å². The summed E-state index contributed by atoms with van der Waals surface area (Å²) in [5.41, 5.74) is 0.0716. The molecule has 0 unspecified atom stereocenters. The zero-order valence-electron chi connectivity index (χ0n) is 9.40. The Kier molecular flexibility index (Phi) is 2.93. The summed E-state index contributed by atoms with van der Waals surface area (Å²) in [4.78, 5) is 14.4. The maximum Gasteiger partial charge on any atom is 0.312 e. The molecule has 0 aliphatic heterocycles. The molecule has 2 aromatic heterocycles. The maximum atomic E-state index is 10.9. The van der Waals surface area contributed by atoms with Crippen LogP contribution >= 0.6 is 0 Å². The highest BCUT2D eigenvalue weighted by molar-refractivity contribution is 5.51. The molecule has 0 saturated carbocycles. The molecule has 0 spiro atoms. The van der Waals surface area contributed by atoms with Gasteiger partial charge < -0.3 is 4.74 Å². The number of pyridine rings is 1. The Morgan fingerprint density at radius 1 is 1.50 bits per heavy atom. The average molecular weight is 244 g/mol. The van der Waals surface area contributed by atoms with E-state index in [1.54, 1.807) is 12.1 Å². The van der Waals surface area contributed by atoms with Gasteiger partial charge in [0.1, 0.15) is 11.8 Å². The number of nitro groups is 1. The van der Waals surface area contributed by atoms with E-state index in [1.165, 1.54) is 30.0 Å².